The first-order chi connectivity index (χ1) is 13.0. The van der Waals surface area contributed by atoms with E-state index in [1.807, 2.05) is 0 Å². The van der Waals surface area contributed by atoms with Gasteiger partial charge in [0.2, 0.25) is 0 Å². The van der Waals surface area contributed by atoms with Crippen LogP contribution in [0.4, 0.5) is 0 Å². The Morgan fingerprint density at radius 2 is 1.63 bits per heavy atom. The van der Waals surface area contributed by atoms with Crippen molar-refractivity contribution in [1.29, 1.82) is 0 Å². The van der Waals surface area contributed by atoms with Crippen LogP contribution in [0.25, 0.3) is 0 Å². The highest BCUT2D eigenvalue weighted by molar-refractivity contribution is 6.21. The average Bonchev–Trinajstić information content (AvgIpc) is 2.86. The number of rotatable bonds is 8. The molecule has 0 aromatic heterocycles. The van der Waals surface area contributed by atoms with Gasteiger partial charge in [0.25, 0.3) is 11.8 Å². The van der Waals surface area contributed by atoms with Gasteiger partial charge in [0.1, 0.15) is 5.75 Å². The number of fused-ring (bicyclic) bond motifs is 1. The number of aliphatic carboxylic acids is 1. The predicted molar refractivity (Wildman–Crippen MR) is 98.7 cm³/mol. The van der Waals surface area contributed by atoms with E-state index >= 15 is 0 Å². The summed E-state index contributed by atoms with van der Waals surface area (Å²) in [7, 11) is 0. The summed E-state index contributed by atoms with van der Waals surface area (Å²) in [6, 6.07) is 3.07. The monoisotopic (exact) mass is 374 g/mol. The molecule has 0 unspecified atom stereocenters. The van der Waals surface area contributed by atoms with Gasteiger partial charge < -0.3 is 10.2 Å². The lowest BCUT2D eigenvalue weighted by Crippen LogP contribution is -2.30. The Balaban J connectivity index is 1.65. The molecule has 2 N–H and O–H groups in total. The molecular formula is C20H26N2O5. The third-order valence-electron chi connectivity index (χ3n) is 5.28. The number of phenols is 1. The van der Waals surface area contributed by atoms with E-state index in [2.05, 4.69) is 4.90 Å². The Morgan fingerprint density at radius 1 is 0.963 bits per heavy atom. The molecule has 7 heteroatoms. The molecule has 27 heavy (non-hydrogen) atoms. The molecule has 1 saturated heterocycles. The molecule has 2 amide bonds. The third kappa shape index (κ3) is 4.47. The van der Waals surface area contributed by atoms with Crippen LogP contribution in [0.2, 0.25) is 0 Å². The van der Waals surface area contributed by atoms with Crippen molar-refractivity contribution in [1.82, 2.24) is 9.80 Å². The normalized spacial score (nSPS) is 17.4. The quantitative estimate of drug-likeness (QED) is 0.536. The van der Waals surface area contributed by atoms with E-state index in [0.29, 0.717) is 36.9 Å². The van der Waals surface area contributed by atoms with Gasteiger partial charge in [-0.25, -0.2) is 0 Å². The second-order valence-corrected chi connectivity index (χ2v) is 7.33. The van der Waals surface area contributed by atoms with Gasteiger partial charge in [-0.05, 0) is 50.9 Å². The molecule has 2 aliphatic heterocycles. The van der Waals surface area contributed by atoms with E-state index in [1.54, 1.807) is 6.07 Å². The van der Waals surface area contributed by atoms with Gasteiger partial charge in [-0.1, -0.05) is 12.8 Å². The number of aromatic hydroxyl groups is 1. The smallest absolute Gasteiger partial charge is 0.303 e. The van der Waals surface area contributed by atoms with E-state index in [-0.39, 0.29) is 36.1 Å². The third-order valence-corrected chi connectivity index (χ3v) is 5.28. The number of carbonyl (C=O) groups is 3. The van der Waals surface area contributed by atoms with Crippen LogP contribution in [-0.2, 0) is 11.3 Å². The molecule has 146 valence electrons. The van der Waals surface area contributed by atoms with Crippen molar-refractivity contribution in [2.75, 3.05) is 19.6 Å². The lowest BCUT2D eigenvalue weighted by Gasteiger charge is -2.26. The highest BCUT2D eigenvalue weighted by Crippen LogP contribution is 2.31. The number of nitrogens with zero attached hydrogens (tertiary/aromatic N) is 2. The van der Waals surface area contributed by atoms with Gasteiger partial charge >= 0.3 is 5.97 Å². The van der Waals surface area contributed by atoms with Crippen molar-refractivity contribution in [2.45, 2.75) is 51.5 Å². The summed E-state index contributed by atoms with van der Waals surface area (Å²) in [5.74, 6) is -1.49. The highest BCUT2D eigenvalue weighted by Gasteiger charge is 2.36. The molecule has 0 aliphatic carbocycles. The van der Waals surface area contributed by atoms with Crippen molar-refractivity contribution in [3.63, 3.8) is 0 Å². The Morgan fingerprint density at radius 3 is 2.30 bits per heavy atom. The Hall–Kier alpha value is -2.41. The number of likely N-dealkylation sites (tertiary alicyclic amines) is 1. The number of amides is 2. The van der Waals surface area contributed by atoms with Gasteiger partial charge in [0, 0.05) is 25.1 Å². The molecule has 0 saturated carbocycles. The second kappa shape index (κ2) is 8.52. The Kier molecular flexibility index (Phi) is 6.11. The van der Waals surface area contributed by atoms with Gasteiger partial charge in [-0.3, -0.25) is 24.2 Å². The fourth-order valence-corrected chi connectivity index (χ4v) is 3.78. The van der Waals surface area contributed by atoms with Crippen LogP contribution in [0.5, 0.6) is 5.75 Å². The number of carbonyl (C=O) groups excluding carboxylic acids is 2. The highest BCUT2D eigenvalue weighted by atomic mass is 16.4. The molecule has 2 heterocycles. The molecule has 3 rings (SSSR count). The van der Waals surface area contributed by atoms with Crippen LogP contribution in [0.1, 0.15) is 71.2 Å². The summed E-state index contributed by atoms with van der Waals surface area (Å²) >= 11 is 0. The summed E-state index contributed by atoms with van der Waals surface area (Å²) in [5, 5.41) is 19.0. The molecule has 0 bridgehead atoms. The molecule has 1 aromatic carbocycles. The fourth-order valence-electron chi connectivity index (χ4n) is 3.78. The average molecular weight is 374 g/mol. The Bertz CT molecular complexity index is 740. The van der Waals surface area contributed by atoms with Crippen molar-refractivity contribution in [2.24, 2.45) is 0 Å². The van der Waals surface area contributed by atoms with Crippen LogP contribution in [0.3, 0.4) is 0 Å². The SMILES string of the molecule is O=C(O)CCCCCN1C(=O)c2cc(O)c(CN3CCCCC3)cc2C1=O. The van der Waals surface area contributed by atoms with E-state index in [1.165, 1.54) is 17.4 Å². The first-order valence-corrected chi connectivity index (χ1v) is 9.63. The van der Waals surface area contributed by atoms with Crippen molar-refractivity contribution >= 4 is 17.8 Å². The minimum Gasteiger partial charge on any atom is -0.508 e. The second-order valence-electron chi connectivity index (χ2n) is 7.33. The predicted octanol–water partition coefficient (Wildman–Crippen LogP) is 2.62. The van der Waals surface area contributed by atoms with Crippen molar-refractivity contribution < 1.29 is 24.6 Å². The standard InChI is InChI=1S/C20H26N2O5/c23-17-12-16-15(11-14(17)13-21-8-4-2-5-9-21)19(26)22(20(16)27)10-6-1-3-7-18(24)25/h11-12,23H,1-10,13H2,(H,24,25). The van der Waals surface area contributed by atoms with E-state index in [0.717, 1.165) is 25.9 Å². The number of hydrogen-bond acceptors (Lipinski definition) is 5. The van der Waals surface area contributed by atoms with Gasteiger partial charge in [0.05, 0.1) is 11.1 Å². The van der Waals surface area contributed by atoms with Gasteiger partial charge in [0.15, 0.2) is 0 Å². The number of unbranched alkanes of at least 4 members (excludes halogenated alkanes) is 2. The van der Waals surface area contributed by atoms with Crippen LogP contribution < -0.4 is 0 Å². The van der Waals surface area contributed by atoms with Crippen LogP contribution in [0.15, 0.2) is 12.1 Å². The van der Waals surface area contributed by atoms with E-state index in [9.17, 15) is 19.5 Å². The number of carboxylic acids is 1. The zero-order chi connectivity index (χ0) is 19.4. The van der Waals surface area contributed by atoms with Gasteiger partial charge in [-0.15, -0.1) is 0 Å². The number of phenolic OH excluding ortho intramolecular Hbond substituents is 1. The van der Waals surface area contributed by atoms with Crippen LogP contribution >= 0.6 is 0 Å². The maximum Gasteiger partial charge on any atom is 0.303 e. The number of imide groups is 1. The lowest BCUT2D eigenvalue weighted by molar-refractivity contribution is -0.137. The Labute approximate surface area is 158 Å². The summed E-state index contributed by atoms with van der Waals surface area (Å²) in [6.45, 7) is 2.81. The first-order valence-electron chi connectivity index (χ1n) is 9.63. The minimum atomic E-state index is -0.840. The van der Waals surface area contributed by atoms with Gasteiger partial charge in [-0.2, -0.15) is 0 Å². The van der Waals surface area contributed by atoms with E-state index in [4.69, 9.17) is 5.11 Å². The van der Waals surface area contributed by atoms with Crippen LogP contribution in [-0.4, -0.2) is 57.4 Å². The minimum absolute atomic E-state index is 0.0591. The van der Waals surface area contributed by atoms with E-state index < -0.39 is 5.97 Å². The summed E-state index contributed by atoms with van der Waals surface area (Å²) in [4.78, 5) is 39.2. The van der Waals surface area contributed by atoms with Crippen LogP contribution in [0, 0.1) is 0 Å². The number of benzene rings is 1. The molecule has 7 nitrogen and oxygen atoms in total. The largest absolute Gasteiger partial charge is 0.508 e. The molecule has 1 aromatic rings. The summed E-state index contributed by atoms with van der Waals surface area (Å²) < 4.78 is 0. The first kappa shape index (κ1) is 19.4. The molecule has 0 atom stereocenters. The maximum atomic E-state index is 12.7. The molecular weight excluding hydrogens is 348 g/mol. The molecule has 1 fully saturated rings. The van der Waals surface area contributed by atoms with Crippen molar-refractivity contribution in [3.8, 4) is 5.75 Å². The molecule has 2 aliphatic rings. The maximum absolute atomic E-state index is 12.7. The zero-order valence-electron chi connectivity index (χ0n) is 15.4. The number of piperidine rings is 1. The lowest BCUT2D eigenvalue weighted by atomic mass is 10.0. The fraction of sp³-hybridized carbons (Fsp3) is 0.550. The molecule has 0 radical (unpaired) electrons. The summed E-state index contributed by atoms with van der Waals surface area (Å²) in [5.41, 5.74) is 1.29. The zero-order valence-corrected chi connectivity index (χ0v) is 15.4. The topological polar surface area (TPSA) is 98.2 Å². The number of carboxylic acid groups (broad SMARTS) is 1. The molecule has 0 spiro atoms. The summed E-state index contributed by atoms with van der Waals surface area (Å²) in [6.07, 6.45) is 5.34. The van der Waals surface area contributed by atoms with Crippen molar-refractivity contribution in [3.05, 3.63) is 28.8 Å². The number of hydrogen-bond donors (Lipinski definition) is 2.